The fraction of sp³-hybridized carbons (Fsp3) is 1.00. The molecule has 1 aliphatic heterocycles. The fourth-order valence-corrected chi connectivity index (χ4v) is 4.59. The van der Waals surface area contributed by atoms with Crippen LogP contribution in [0.4, 0.5) is 0 Å². The lowest BCUT2D eigenvalue weighted by molar-refractivity contribution is 0.0486. The third-order valence-electron chi connectivity index (χ3n) is 5.79. The molecule has 3 heteroatoms. The Morgan fingerprint density at radius 1 is 1.19 bits per heavy atom. The van der Waals surface area contributed by atoms with Gasteiger partial charge in [0.25, 0.3) is 0 Å². The smallest absolute Gasteiger partial charge is 0.0252 e. The fourth-order valence-electron chi connectivity index (χ4n) is 4.59. The second-order valence-electron chi connectivity index (χ2n) is 7.42. The van der Waals surface area contributed by atoms with Crippen molar-refractivity contribution in [3.63, 3.8) is 0 Å². The average Bonchev–Trinajstić information content (AvgIpc) is 2.48. The van der Waals surface area contributed by atoms with E-state index in [1.807, 2.05) is 0 Å². The van der Waals surface area contributed by atoms with Crippen molar-refractivity contribution in [2.24, 2.45) is 5.92 Å². The lowest BCUT2D eigenvalue weighted by Crippen LogP contribution is -2.57. The Kier molecular flexibility index (Phi) is 6.97. The Balaban J connectivity index is 1.99. The minimum Gasteiger partial charge on any atom is -0.313 e. The van der Waals surface area contributed by atoms with Gasteiger partial charge in [0.2, 0.25) is 0 Å². The van der Waals surface area contributed by atoms with Crippen LogP contribution >= 0.6 is 0 Å². The van der Waals surface area contributed by atoms with E-state index in [2.05, 4.69) is 43.1 Å². The number of hydrogen-bond donors (Lipinski definition) is 1. The highest BCUT2D eigenvalue weighted by Crippen LogP contribution is 2.32. The summed E-state index contributed by atoms with van der Waals surface area (Å²) in [4.78, 5) is 5.25. The SMILES string of the molecule is CCCC1CCC(NCC)C(N(C)C2CCCN(C)C2)C1. The van der Waals surface area contributed by atoms with Crippen LogP contribution in [0.5, 0.6) is 0 Å². The van der Waals surface area contributed by atoms with Crippen LogP contribution in [0.2, 0.25) is 0 Å². The molecule has 2 rings (SSSR count). The summed E-state index contributed by atoms with van der Waals surface area (Å²) < 4.78 is 0. The molecule has 3 nitrogen and oxygen atoms in total. The molecule has 0 aromatic carbocycles. The minimum atomic E-state index is 0.709. The van der Waals surface area contributed by atoms with E-state index in [4.69, 9.17) is 0 Å². The molecule has 0 radical (unpaired) electrons. The Morgan fingerprint density at radius 2 is 2.00 bits per heavy atom. The molecule has 0 aromatic rings. The van der Waals surface area contributed by atoms with Gasteiger partial charge in [0, 0.05) is 24.7 Å². The zero-order valence-electron chi connectivity index (χ0n) is 14.8. The summed E-state index contributed by atoms with van der Waals surface area (Å²) in [6, 6.07) is 2.21. The maximum absolute atomic E-state index is 3.77. The van der Waals surface area contributed by atoms with Crippen molar-refractivity contribution in [2.75, 3.05) is 33.7 Å². The molecule has 124 valence electrons. The Labute approximate surface area is 132 Å². The number of nitrogens with zero attached hydrogens (tertiary/aromatic N) is 2. The highest BCUT2D eigenvalue weighted by Gasteiger charge is 2.35. The van der Waals surface area contributed by atoms with Gasteiger partial charge in [0.1, 0.15) is 0 Å². The summed E-state index contributed by atoms with van der Waals surface area (Å²) in [5, 5.41) is 3.77. The second-order valence-corrected chi connectivity index (χ2v) is 7.42. The molecule has 2 aliphatic rings. The molecular weight excluding hydrogens is 258 g/mol. The van der Waals surface area contributed by atoms with Crippen molar-refractivity contribution >= 4 is 0 Å². The number of nitrogens with one attached hydrogen (secondary N) is 1. The summed E-state index contributed by atoms with van der Waals surface area (Å²) in [5.74, 6) is 0.957. The summed E-state index contributed by atoms with van der Waals surface area (Å²) in [6.45, 7) is 8.24. The van der Waals surface area contributed by atoms with Crippen LogP contribution < -0.4 is 5.32 Å². The van der Waals surface area contributed by atoms with Gasteiger partial charge in [-0.1, -0.05) is 26.7 Å². The van der Waals surface area contributed by atoms with Crippen molar-refractivity contribution < 1.29 is 0 Å². The van der Waals surface area contributed by atoms with E-state index in [9.17, 15) is 0 Å². The molecule has 21 heavy (non-hydrogen) atoms. The van der Waals surface area contributed by atoms with Gasteiger partial charge in [-0.25, -0.2) is 0 Å². The predicted molar refractivity (Wildman–Crippen MR) is 91.8 cm³/mol. The van der Waals surface area contributed by atoms with Gasteiger partial charge < -0.3 is 10.2 Å². The molecule has 4 unspecified atom stereocenters. The standard InChI is InChI=1S/C18H37N3/c1-5-8-15-10-11-17(19-6-2)18(13-15)21(4)16-9-7-12-20(3)14-16/h15-19H,5-14H2,1-4H3. The van der Waals surface area contributed by atoms with Gasteiger partial charge in [-0.15, -0.1) is 0 Å². The number of likely N-dealkylation sites (tertiary alicyclic amines) is 1. The van der Waals surface area contributed by atoms with Crippen LogP contribution in [0.1, 0.15) is 58.8 Å². The van der Waals surface area contributed by atoms with Crippen LogP contribution in [0.3, 0.4) is 0 Å². The van der Waals surface area contributed by atoms with Crippen molar-refractivity contribution in [1.82, 2.24) is 15.1 Å². The third kappa shape index (κ3) is 4.67. The highest BCUT2D eigenvalue weighted by atomic mass is 15.2. The van der Waals surface area contributed by atoms with E-state index < -0.39 is 0 Å². The molecule has 1 aliphatic carbocycles. The molecule has 4 atom stereocenters. The summed E-state index contributed by atoms with van der Waals surface area (Å²) in [6.07, 6.45) is 9.72. The zero-order chi connectivity index (χ0) is 15.2. The lowest BCUT2D eigenvalue weighted by atomic mass is 9.79. The summed E-state index contributed by atoms with van der Waals surface area (Å²) in [5.41, 5.74) is 0. The molecule has 0 bridgehead atoms. The van der Waals surface area contributed by atoms with E-state index in [1.54, 1.807) is 0 Å². The number of hydrogen-bond acceptors (Lipinski definition) is 3. The van der Waals surface area contributed by atoms with E-state index in [-0.39, 0.29) is 0 Å². The topological polar surface area (TPSA) is 18.5 Å². The summed E-state index contributed by atoms with van der Waals surface area (Å²) >= 11 is 0. The molecule has 1 N–H and O–H groups in total. The van der Waals surface area contributed by atoms with Gasteiger partial charge in [-0.3, -0.25) is 4.90 Å². The maximum Gasteiger partial charge on any atom is 0.0252 e. The van der Waals surface area contributed by atoms with Crippen LogP contribution in [-0.2, 0) is 0 Å². The first-order valence-electron chi connectivity index (χ1n) is 9.29. The number of likely N-dealkylation sites (N-methyl/N-ethyl adjacent to an activating group) is 3. The monoisotopic (exact) mass is 295 g/mol. The quantitative estimate of drug-likeness (QED) is 0.813. The largest absolute Gasteiger partial charge is 0.313 e. The highest BCUT2D eigenvalue weighted by molar-refractivity contribution is 4.93. The molecule has 0 amide bonds. The summed E-state index contributed by atoms with van der Waals surface area (Å²) in [7, 11) is 4.68. The van der Waals surface area contributed by atoms with Gasteiger partial charge in [-0.2, -0.15) is 0 Å². The van der Waals surface area contributed by atoms with Crippen LogP contribution in [0.15, 0.2) is 0 Å². The van der Waals surface area contributed by atoms with Gasteiger partial charge in [0.05, 0.1) is 0 Å². The Bertz CT molecular complexity index is 294. The Morgan fingerprint density at radius 3 is 2.67 bits per heavy atom. The molecule has 1 heterocycles. The first-order valence-corrected chi connectivity index (χ1v) is 9.29. The second kappa shape index (κ2) is 8.50. The maximum atomic E-state index is 3.77. The van der Waals surface area contributed by atoms with E-state index in [0.717, 1.165) is 24.5 Å². The number of piperidine rings is 1. The van der Waals surface area contributed by atoms with Crippen LogP contribution in [0, 0.1) is 5.92 Å². The van der Waals surface area contributed by atoms with Gasteiger partial charge in [0.15, 0.2) is 0 Å². The molecule has 2 fully saturated rings. The first kappa shape index (κ1) is 17.2. The van der Waals surface area contributed by atoms with E-state index in [1.165, 1.54) is 58.0 Å². The van der Waals surface area contributed by atoms with E-state index >= 15 is 0 Å². The van der Waals surface area contributed by atoms with Crippen molar-refractivity contribution in [3.8, 4) is 0 Å². The predicted octanol–water partition coefficient (Wildman–Crippen LogP) is 2.96. The van der Waals surface area contributed by atoms with Gasteiger partial charge >= 0.3 is 0 Å². The molecule has 0 aromatic heterocycles. The minimum absolute atomic E-state index is 0.709. The first-order chi connectivity index (χ1) is 10.2. The lowest BCUT2D eigenvalue weighted by Gasteiger charge is -2.46. The van der Waals surface area contributed by atoms with Crippen molar-refractivity contribution in [2.45, 2.75) is 76.9 Å². The molecule has 0 spiro atoms. The normalized spacial score (nSPS) is 35.3. The third-order valence-corrected chi connectivity index (χ3v) is 5.79. The van der Waals surface area contributed by atoms with E-state index in [0.29, 0.717) is 6.04 Å². The zero-order valence-corrected chi connectivity index (χ0v) is 14.8. The van der Waals surface area contributed by atoms with Crippen molar-refractivity contribution in [1.29, 1.82) is 0 Å². The van der Waals surface area contributed by atoms with Crippen LogP contribution in [0.25, 0.3) is 0 Å². The van der Waals surface area contributed by atoms with Crippen molar-refractivity contribution in [3.05, 3.63) is 0 Å². The Hall–Kier alpha value is -0.120. The average molecular weight is 296 g/mol. The molecular formula is C18H37N3. The van der Waals surface area contributed by atoms with Gasteiger partial charge in [-0.05, 0) is 65.2 Å². The molecule has 1 saturated carbocycles. The number of rotatable bonds is 6. The molecule has 1 saturated heterocycles. The van der Waals surface area contributed by atoms with Crippen LogP contribution in [-0.4, -0.2) is 61.7 Å².